The largest absolute Gasteiger partial charge is 0.298 e. The van der Waals surface area contributed by atoms with Crippen LogP contribution in [0.5, 0.6) is 0 Å². The number of rotatable bonds is 5. The van der Waals surface area contributed by atoms with Crippen LogP contribution >= 0.6 is 11.3 Å². The van der Waals surface area contributed by atoms with Crippen LogP contribution in [0.4, 0.5) is 5.13 Å². The highest BCUT2D eigenvalue weighted by Gasteiger charge is 2.28. The molecule has 162 valence electrons. The minimum Gasteiger partial charge on any atom is -0.298 e. The Morgan fingerprint density at radius 3 is 2.52 bits per heavy atom. The molecule has 1 N–H and O–H groups in total. The van der Waals surface area contributed by atoms with E-state index >= 15 is 0 Å². The molecule has 0 bridgehead atoms. The summed E-state index contributed by atoms with van der Waals surface area (Å²) in [5.74, 6) is 0.0389. The van der Waals surface area contributed by atoms with Crippen molar-refractivity contribution in [2.24, 2.45) is 5.92 Å². The number of sulfonamides is 1. The third-order valence-electron chi connectivity index (χ3n) is 5.45. The van der Waals surface area contributed by atoms with Crippen molar-refractivity contribution in [3.63, 3.8) is 0 Å². The van der Waals surface area contributed by atoms with Crippen molar-refractivity contribution in [2.45, 2.75) is 31.6 Å². The van der Waals surface area contributed by atoms with E-state index in [1.165, 1.54) is 29.0 Å². The Labute approximate surface area is 187 Å². The van der Waals surface area contributed by atoms with E-state index in [1.807, 2.05) is 36.6 Å². The van der Waals surface area contributed by atoms with Gasteiger partial charge in [0.05, 0.1) is 10.6 Å². The van der Waals surface area contributed by atoms with Crippen molar-refractivity contribution in [1.82, 2.24) is 9.29 Å². The maximum Gasteiger partial charge on any atom is 0.257 e. The van der Waals surface area contributed by atoms with E-state index in [4.69, 9.17) is 0 Å². The molecule has 1 aliphatic heterocycles. The molecule has 0 radical (unpaired) electrons. The van der Waals surface area contributed by atoms with Crippen molar-refractivity contribution in [3.8, 4) is 11.3 Å². The zero-order chi connectivity index (χ0) is 22.0. The lowest BCUT2D eigenvalue weighted by molar-refractivity contribution is 0.102. The predicted octanol–water partition coefficient (Wildman–Crippen LogP) is 4.79. The molecule has 1 saturated heterocycles. The molecule has 4 rings (SSSR count). The molecule has 1 aliphatic rings. The Kier molecular flexibility index (Phi) is 6.22. The second-order valence-corrected chi connectivity index (χ2v) is 10.8. The number of thiazole rings is 1. The van der Waals surface area contributed by atoms with Gasteiger partial charge in [-0.3, -0.25) is 10.1 Å². The zero-order valence-electron chi connectivity index (χ0n) is 17.5. The van der Waals surface area contributed by atoms with Crippen molar-refractivity contribution in [2.75, 3.05) is 18.4 Å². The lowest BCUT2D eigenvalue weighted by Crippen LogP contribution is -2.39. The maximum absolute atomic E-state index is 12.9. The number of amides is 1. The summed E-state index contributed by atoms with van der Waals surface area (Å²) in [5.41, 5.74) is 3.35. The van der Waals surface area contributed by atoms with E-state index in [1.54, 1.807) is 16.4 Å². The number of piperidine rings is 1. The summed E-state index contributed by atoms with van der Waals surface area (Å²) in [6.45, 7) is 5.18. The van der Waals surface area contributed by atoms with Gasteiger partial charge in [0.25, 0.3) is 5.91 Å². The van der Waals surface area contributed by atoms with E-state index in [-0.39, 0.29) is 10.8 Å². The number of carbonyl (C=O) groups is 1. The normalized spacial score (nSPS) is 17.4. The van der Waals surface area contributed by atoms with Crippen molar-refractivity contribution < 1.29 is 13.2 Å². The molecule has 31 heavy (non-hydrogen) atoms. The molecular formula is C23H25N3O3S2. The first kappa shape index (κ1) is 21.7. The lowest BCUT2D eigenvalue weighted by atomic mass is 10.0. The number of nitrogens with one attached hydrogen (secondary N) is 1. The minimum atomic E-state index is -3.54. The molecule has 1 amide bonds. The molecule has 2 aromatic carbocycles. The van der Waals surface area contributed by atoms with Crippen LogP contribution in [0.1, 0.15) is 35.7 Å². The predicted molar refractivity (Wildman–Crippen MR) is 124 cm³/mol. The summed E-state index contributed by atoms with van der Waals surface area (Å²) in [6, 6.07) is 14.1. The van der Waals surface area contributed by atoms with Crippen LogP contribution in [0.15, 0.2) is 58.8 Å². The quantitative estimate of drug-likeness (QED) is 0.600. The zero-order valence-corrected chi connectivity index (χ0v) is 19.2. The van der Waals surface area contributed by atoms with Crippen LogP contribution in [0, 0.1) is 12.8 Å². The first-order chi connectivity index (χ1) is 14.8. The van der Waals surface area contributed by atoms with Gasteiger partial charge < -0.3 is 0 Å². The molecule has 0 aliphatic carbocycles. The Hall–Kier alpha value is -2.55. The SMILES string of the molecule is Cc1ccc(-c2csc(NC(=O)c3ccc(S(=O)(=O)N4CCC[C@@H](C)C4)cc3)n2)cc1. The number of hydrogen-bond acceptors (Lipinski definition) is 5. The van der Waals surface area contributed by atoms with Gasteiger partial charge in [0.2, 0.25) is 10.0 Å². The molecule has 3 aromatic rings. The molecule has 1 fully saturated rings. The van der Waals surface area contributed by atoms with Crippen LogP contribution in [-0.2, 0) is 10.0 Å². The van der Waals surface area contributed by atoms with Gasteiger partial charge in [-0.25, -0.2) is 13.4 Å². The second kappa shape index (κ2) is 8.90. The number of hydrogen-bond donors (Lipinski definition) is 1. The first-order valence-electron chi connectivity index (χ1n) is 10.3. The molecule has 6 nitrogen and oxygen atoms in total. The molecule has 8 heteroatoms. The highest BCUT2D eigenvalue weighted by atomic mass is 32.2. The van der Waals surface area contributed by atoms with Gasteiger partial charge in [-0.1, -0.05) is 36.8 Å². The molecule has 1 aromatic heterocycles. The van der Waals surface area contributed by atoms with E-state index in [9.17, 15) is 13.2 Å². The second-order valence-electron chi connectivity index (χ2n) is 7.99. The van der Waals surface area contributed by atoms with Crippen LogP contribution in [-0.4, -0.2) is 36.7 Å². The summed E-state index contributed by atoms with van der Waals surface area (Å²) in [6.07, 6.45) is 1.92. The Balaban J connectivity index is 1.45. The van der Waals surface area contributed by atoms with Gasteiger partial charge >= 0.3 is 0 Å². The number of benzene rings is 2. The van der Waals surface area contributed by atoms with Gasteiger partial charge in [-0.15, -0.1) is 11.3 Å². The third kappa shape index (κ3) is 4.87. The number of aryl methyl sites for hydroxylation is 1. The van der Waals surface area contributed by atoms with Crippen molar-refractivity contribution in [3.05, 3.63) is 65.0 Å². The van der Waals surface area contributed by atoms with Gasteiger partial charge in [0, 0.05) is 29.6 Å². The topological polar surface area (TPSA) is 79.4 Å². The fourth-order valence-corrected chi connectivity index (χ4v) is 5.96. The highest BCUT2D eigenvalue weighted by Crippen LogP contribution is 2.26. The van der Waals surface area contributed by atoms with Crippen LogP contribution in [0.2, 0.25) is 0 Å². The summed E-state index contributed by atoms with van der Waals surface area (Å²) >= 11 is 1.35. The number of carbonyl (C=O) groups excluding carboxylic acids is 1. The van der Waals surface area contributed by atoms with Crippen LogP contribution < -0.4 is 5.32 Å². The van der Waals surface area contributed by atoms with Crippen LogP contribution in [0.3, 0.4) is 0 Å². The van der Waals surface area contributed by atoms with E-state index in [0.717, 1.165) is 24.1 Å². The molecule has 1 atom stereocenters. The Morgan fingerprint density at radius 2 is 1.84 bits per heavy atom. The Bertz CT molecular complexity index is 1170. The number of nitrogens with zero attached hydrogens (tertiary/aromatic N) is 2. The molecule has 2 heterocycles. The van der Waals surface area contributed by atoms with Gasteiger partial charge in [0.15, 0.2) is 5.13 Å². The molecule has 0 saturated carbocycles. The molecule has 0 unspecified atom stereocenters. The van der Waals surface area contributed by atoms with Crippen molar-refractivity contribution >= 4 is 32.4 Å². The van der Waals surface area contributed by atoms with Crippen LogP contribution in [0.25, 0.3) is 11.3 Å². The number of aromatic nitrogens is 1. The van der Waals surface area contributed by atoms with Gasteiger partial charge in [-0.2, -0.15) is 4.31 Å². The Morgan fingerprint density at radius 1 is 1.13 bits per heavy atom. The number of anilines is 1. The summed E-state index contributed by atoms with van der Waals surface area (Å²) in [5, 5.41) is 5.19. The summed E-state index contributed by atoms with van der Waals surface area (Å²) < 4.78 is 27.3. The third-order valence-corrected chi connectivity index (χ3v) is 8.08. The molecule has 0 spiro atoms. The van der Waals surface area contributed by atoms with Crippen molar-refractivity contribution in [1.29, 1.82) is 0 Å². The fourth-order valence-electron chi connectivity index (χ4n) is 3.65. The average molecular weight is 456 g/mol. The van der Waals surface area contributed by atoms with E-state index in [2.05, 4.69) is 17.2 Å². The minimum absolute atomic E-state index is 0.217. The summed E-state index contributed by atoms with van der Waals surface area (Å²) in [7, 11) is -3.54. The smallest absolute Gasteiger partial charge is 0.257 e. The summed E-state index contributed by atoms with van der Waals surface area (Å²) in [4.78, 5) is 17.3. The van der Waals surface area contributed by atoms with E-state index in [0.29, 0.717) is 29.7 Å². The van der Waals surface area contributed by atoms with Gasteiger partial charge in [-0.05, 0) is 49.9 Å². The average Bonchev–Trinajstić information content (AvgIpc) is 3.22. The maximum atomic E-state index is 12.9. The standard InChI is InChI=1S/C23H25N3O3S2/c1-16-5-7-18(8-6-16)21-15-30-23(24-21)25-22(27)19-9-11-20(12-10-19)31(28,29)26-13-3-4-17(2)14-26/h5-12,15,17H,3-4,13-14H2,1-2H3,(H,24,25,27)/t17-/m1/s1. The lowest BCUT2D eigenvalue weighted by Gasteiger charge is -2.30. The molecular weight excluding hydrogens is 430 g/mol. The van der Waals surface area contributed by atoms with E-state index < -0.39 is 10.0 Å². The monoisotopic (exact) mass is 455 g/mol. The van der Waals surface area contributed by atoms with Gasteiger partial charge in [0.1, 0.15) is 0 Å². The fraction of sp³-hybridized carbons (Fsp3) is 0.304. The first-order valence-corrected chi connectivity index (χ1v) is 12.6. The highest BCUT2D eigenvalue weighted by molar-refractivity contribution is 7.89.